The maximum atomic E-state index is 12.4. The Bertz CT molecular complexity index is 1060. The molecule has 1 saturated heterocycles. The standard InChI is InChI=1S/C18H17N5O3S/c1-13-3-5-14(6-4-13)7-10-27(24,25)23-11-15(12-23)18-21-17(22-26-18)16-19-8-2-9-20-16/h2-10,15H,11-12H2,1H3/b10-7+. The van der Waals surface area contributed by atoms with Gasteiger partial charge in [0.05, 0.1) is 5.92 Å². The van der Waals surface area contributed by atoms with E-state index in [2.05, 4.69) is 20.1 Å². The Morgan fingerprint density at radius 2 is 1.81 bits per heavy atom. The normalized spacial score (nSPS) is 15.9. The first-order valence-electron chi connectivity index (χ1n) is 8.37. The molecule has 9 heteroatoms. The summed E-state index contributed by atoms with van der Waals surface area (Å²) in [5.41, 5.74) is 1.96. The number of hydrogen-bond donors (Lipinski definition) is 0. The van der Waals surface area contributed by atoms with Crippen LogP contribution in [0.3, 0.4) is 0 Å². The molecule has 27 heavy (non-hydrogen) atoms. The molecular weight excluding hydrogens is 366 g/mol. The third-order valence-electron chi connectivity index (χ3n) is 4.27. The summed E-state index contributed by atoms with van der Waals surface area (Å²) in [5.74, 6) is 0.937. The minimum atomic E-state index is -3.48. The molecule has 0 radical (unpaired) electrons. The van der Waals surface area contributed by atoms with Gasteiger partial charge >= 0.3 is 0 Å². The van der Waals surface area contributed by atoms with Crippen LogP contribution in [0.15, 0.2) is 52.7 Å². The fourth-order valence-electron chi connectivity index (χ4n) is 2.64. The van der Waals surface area contributed by atoms with Crippen LogP contribution in [0.5, 0.6) is 0 Å². The van der Waals surface area contributed by atoms with Gasteiger partial charge in [0.2, 0.25) is 27.6 Å². The van der Waals surface area contributed by atoms with E-state index in [0.29, 0.717) is 30.6 Å². The van der Waals surface area contributed by atoms with Gasteiger partial charge in [0.25, 0.3) is 0 Å². The van der Waals surface area contributed by atoms with Crippen molar-refractivity contribution in [2.75, 3.05) is 13.1 Å². The molecule has 1 aliphatic rings. The quantitative estimate of drug-likeness (QED) is 0.666. The van der Waals surface area contributed by atoms with Crippen molar-refractivity contribution in [3.63, 3.8) is 0 Å². The molecule has 3 heterocycles. The van der Waals surface area contributed by atoms with Crippen LogP contribution in [0, 0.1) is 6.92 Å². The summed E-state index contributed by atoms with van der Waals surface area (Å²) < 4.78 is 31.4. The Morgan fingerprint density at radius 1 is 1.11 bits per heavy atom. The molecule has 2 aromatic heterocycles. The van der Waals surface area contributed by atoms with Crippen molar-refractivity contribution >= 4 is 16.1 Å². The van der Waals surface area contributed by atoms with Crippen molar-refractivity contribution < 1.29 is 12.9 Å². The fraction of sp³-hybridized carbons (Fsp3) is 0.222. The van der Waals surface area contributed by atoms with Crippen LogP contribution >= 0.6 is 0 Å². The van der Waals surface area contributed by atoms with Gasteiger partial charge in [0, 0.05) is 30.9 Å². The van der Waals surface area contributed by atoms with E-state index < -0.39 is 10.0 Å². The second-order valence-electron chi connectivity index (χ2n) is 6.30. The number of benzene rings is 1. The van der Waals surface area contributed by atoms with Crippen LogP contribution in [0.4, 0.5) is 0 Å². The summed E-state index contributed by atoms with van der Waals surface area (Å²) in [7, 11) is -3.48. The molecule has 4 rings (SSSR count). The minimum absolute atomic E-state index is 0.127. The van der Waals surface area contributed by atoms with Crippen molar-refractivity contribution in [2.24, 2.45) is 0 Å². The van der Waals surface area contributed by atoms with Gasteiger partial charge < -0.3 is 4.52 Å². The summed E-state index contributed by atoms with van der Waals surface area (Å²) in [5, 5.41) is 5.09. The number of sulfonamides is 1. The third-order valence-corrected chi connectivity index (χ3v) is 5.77. The van der Waals surface area contributed by atoms with Crippen LogP contribution < -0.4 is 0 Å². The minimum Gasteiger partial charge on any atom is -0.338 e. The number of nitrogens with zero attached hydrogens (tertiary/aromatic N) is 5. The SMILES string of the molecule is Cc1ccc(/C=C/S(=O)(=O)N2CC(c3nc(-c4ncccn4)no3)C2)cc1. The summed E-state index contributed by atoms with van der Waals surface area (Å²) in [6, 6.07) is 9.34. The highest BCUT2D eigenvalue weighted by Crippen LogP contribution is 2.29. The molecule has 0 N–H and O–H groups in total. The van der Waals surface area contributed by atoms with Gasteiger partial charge in [0.1, 0.15) is 0 Å². The molecule has 1 aromatic carbocycles. The molecule has 0 saturated carbocycles. The van der Waals surface area contributed by atoms with Crippen molar-refractivity contribution in [1.29, 1.82) is 0 Å². The molecule has 0 aliphatic carbocycles. The van der Waals surface area contributed by atoms with E-state index in [1.807, 2.05) is 31.2 Å². The lowest BCUT2D eigenvalue weighted by atomic mass is 10.0. The van der Waals surface area contributed by atoms with E-state index in [4.69, 9.17) is 4.52 Å². The smallest absolute Gasteiger partial charge is 0.240 e. The molecule has 0 unspecified atom stereocenters. The maximum absolute atomic E-state index is 12.4. The number of hydrogen-bond acceptors (Lipinski definition) is 7. The van der Waals surface area contributed by atoms with Crippen molar-refractivity contribution in [3.05, 3.63) is 65.2 Å². The van der Waals surface area contributed by atoms with Gasteiger partial charge in [-0.3, -0.25) is 0 Å². The second kappa shape index (κ2) is 7.01. The van der Waals surface area contributed by atoms with Gasteiger partial charge in [-0.1, -0.05) is 35.0 Å². The van der Waals surface area contributed by atoms with Crippen LogP contribution in [0.25, 0.3) is 17.7 Å². The van der Waals surface area contributed by atoms with E-state index in [1.54, 1.807) is 24.5 Å². The molecule has 0 amide bonds. The molecule has 138 valence electrons. The van der Waals surface area contributed by atoms with Crippen molar-refractivity contribution in [1.82, 2.24) is 24.4 Å². The Labute approximate surface area is 156 Å². The molecule has 0 bridgehead atoms. The highest BCUT2D eigenvalue weighted by Gasteiger charge is 2.38. The Morgan fingerprint density at radius 3 is 2.52 bits per heavy atom. The zero-order valence-corrected chi connectivity index (χ0v) is 15.4. The molecular formula is C18H17N5O3S. The van der Waals surface area contributed by atoms with Crippen molar-refractivity contribution in [2.45, 2.75) is 12.8 Å². The van der Waals surface area contributed by atoms with Gasteiger partial charge in [-0.15, -0.1) is 0 Å². The monoisotopic (exact) mass is 383 g/mol. The van der Waals surface area contributed by atoms with Crippen LogP contribution in [-0.4, -0.2) is 45.9 Å². The molecule has 8 nitrogen and oxygen atoms in total. The van der Waals surface area contributed by atoms with E-state index in [9.17, 15) is 8.42 Å². The predicted octanol–water partition coefficient (Wildman–Crippen LogP) is 2.23. The summed E-state index contributed by atoms with van der Waals surface area (Å²) >= 11 is 0. The molecule has 0 spiro atoms. The lowest BCUT2D eigenvalue weighted by molar-refractivity contribution is 0.219. The van der Waals surface area contributed by atoms with Crippen LogP contribution in [0.2, 0.25) is 0 Å². The largest absolute Gasteiger partial charge is 0.338 e. The van der Waals surface area contributed by atoms with Crippen LogP contribution in [-0.2, 0) is 10.0 Å². The summed E-state index contributed by atoms with van der Waals surface area (Å²) in [6.45, 7) is 2.59. The van der Waals surface area contributed by atoms with E-state index in [-0.39, 0.29) is 5.92 Å². The Balaban J connectivity index is 1.40. The zero-order valence-electron chi connectivity index (χ0n) is 14.6. The lowest BCUT2D eigenvalue weighted by Crippen LogP contribution is -2.47. The second-order valence-corrected chi connectivity index (χ2v) is 8.12. The molecule has 1 aliphatic heterocycles. The first-order chi connectivity index (χ1) is 13.0. The highest BCUT2D eigenvalue weighted by atomic mass is 32.2. The van der Waals surface area contributed by atoms with E-state index in [1.165, 1.54) is 9.71 Å². The fourth-order valence-corrected chi connectivity index (χ4v) is 3.91. The first kappa shape index (κ1) is 17.5. The third kappa shape index (κ3) is 3.79. The lowest BCUT2D eigenvalue weighted by Gasteiger charge is -2.34. The van der Waals surface area contributed by atoms with Gasteiger partial charge in [-0.2, -0.15) is 9.29 Å². The number of aromatic nitrogens is 4. The summed E-state index contributed by atoms with van der Waals surface area (Å²) in [4.78, 5) is 12.4. The van der Waals surface area contributed by atoms with E-state index >= 15 is 0 Å². The van der Waals surface area contributed by atoms with Gasteiger partial charge in [-0.25, -0.2) is 18.4 Å². The topological polar surface area (TPSA) is 102 Å². The summed E-state index contributed by atoms with van der Waals surface area (Å²) in [6.07, 6.45) is 4.78. The number of rotatable bonds is 5. The average Bonchev–Trinajstić information content (AvgIpc) is 3.10. The molecule has 0 atom stereocenters. The van der Waals surface area contributed by atoms with E-state index in [0.717, 1.165) is 11.1 Å². The zero-order chi connectivity index (χ0) is 18.9. The first-order valence-corrected chi connectivity index (χ1v) is 9.87. The highest BCUT2D eigenvalue weighted by molar-refractivity contribution is 7.92. The van der Waals surface area contributed by atoms with Gasteiger partial charge in [-0.05, 0) is 24.6 Å². The Kier molecular flexibility index (Phi) is 4.54. The van der Waals surface area contributed by atoms with Gasteiger partial charge in [0.15, 0.2) is 0 Å². The Hall–Kier alpha value is -2.91. The maximum Gasteiger partial charge on any atom is 0.240 e. The van der Waals surface area contributed by atoms with Crippen molar-refractivity contribution in [3.8, 4) is 11.6 Å². The predicted molar refractivity (Wildman–Crippen MR) is 98.8 cm³/mol. The average molecular weight is 383 g/mol. The molecule has 1 fully saturated rings. The number of aryl methyl sites for hydroxylation is 1. The molecule has 3 aromatic rings. The van der Waals surface area contributed by atoms with Crippen LogP contribution in [0.1, 0.15) is 22.9 Å².